The van der Waals surface area contributed by atoms with E-state index in [1.54, 1.807) is 51.2 Å². The van der Waals surface area contributed by atoms with Gasteiger partial charge < -0.3 is 29.6 Å². The zero-order valence-electron chi connectivity index (χ0n) is 22.8. The van der Waals surface area contributed by atoms with Gasteiger partial charge in [0.15, 0.2) is 5.58 Å². The molecular formula is C29H30FIN4O5. The fourth-order valence-electron chi connectivity index (χ4n) is 4.49. The zero-order chi connectivity index (χ0) is 29.3. The van der Waals surface area contributed by atoms with Crippen LogP contribution in [0.3, 0.4) is 0 Å². The molecule has 1 atom stereocenters. The largest absolute Gasteiger partial charge is 0.421 e. The van der Waals surface area contributed by atoms with Crippen molar-refractivity contribution in [3.8, 4) is 11.1 Å². The van der Waals surface area contributed by atoms with Crippen molar-refractivity contribution in [2.24, 2.45) is 0 Å². The van der Waals surface area contributed by atoms with E-state index in [-0.39, 0.29) is 46.9 Å². The fourth-order valence-corrected chi connectivity index (χ4v) is 4.95. The van der Waals surface area contributed by atoms with Crippen molar-refractivity contribution in [2.75, 3.05) is 24.2 Å². The van der Waals surface area contributed by atoms with Gasteiger partial charge in [0.1, 0.15) is 17.4 Å². The number of likely N-dealkylation sites (N-methyl/N-ethyl adjacent to an activating group) is 1. The van der Waals surface area contributed by atoms with Crippen molar-refractivity contribution >= 4 is 56.5 Å². The van der Waals surface area contributed by atoms with E-state index in [2.05, 4.69) is 10.6 Å². The van der Waals surface area contributed by atoms with Crippen LogP contribution in [0.1, 0.15) is 25.1 Å². The van der Waals surface area contributed by atoms with Crippen molar-refractivity contribution in [3.63, 3.8) is 0 Å². The van der Waals surface area contributed by atoms with Crippen LogP contribution in [-0.2, 0) is 11.3 Å². The Balaban J connectivity index is 2.06. The van der Waals surface area contributed by atoms with Crippen LogP contribution in [0.5, 0.6) is 0 Å². The second-order valence-electron chi connectivity index (χ2n) is 9.60. The molecule has 3 N–H and O–H groups in total. The Hall–Kier alpha value is -3.71. The molecule has 9 nitrogen and oxygen atoms in total. The number of nitrogens with zero attached hydrogens (tertiary/aromatic N) is 2. The van der Waals surface area contributed by atoms with E-state index in [1.807, 2.05) is 22.6 Å². The van der Waals surface area contributed by atoms with E-state index in [0.29, 0.717) is 26.1 Å². The monoisotopic (exact) mass is 660 g/mol. The number of fused-ring (bicyclic) bond motifs is 1. The number of hydrogen-bond donors (Lipinski definition) is 3. The standard InChI is InChI=1S/C29H30FIN4O5/c1-15-26(33-23-10-9-20(31)14-22(23)30)25-27(40-29(15)39)24(19-7-6-8-21(13-19)32-17(3)36)16(2)35(28(25)38)12-11-34(5)18(4)37/h6-10,13-14,17,32-33,36H,11-12H2,1-5H3. The average Bonchev–Trinajstić information content (AvgIpc) is 2.87. The Kier molecular flexibility index (Phi) is 8.64. The molecule has 40 heavy (non-hydrogen) atoms. The molecule has 1 amide bonds. The number of pyridine rings is 1. The Bertz CT molecular complexity index is 1730. The third kappa shape index (κ3) is 5.89. The molecule has 1 unspecified atom stereocenters. The maximum Gasteiger partial charge on any atom is 0.341 e. The van der Waals surface area contributed by atoms with Crippen molar-refractivity contribution in [3.05, 3.63) is 83.9 Å². The molecule has 0 saturated heterocycles. The molecule has 4 aromatic rings. The van der Waals surface area contributed by atoms with Crippen LogP contribution < -0.4 is 21.8 Å². The van der Waals surface area contributed by atoms with Crippen LogP contribution in [0.25, 0.3) is 22.1 Å². The van der Waals surface area contributed by atoms with Gasteiger partial charge in [0.25, 0.3) is 5.56 Å². The van der Waals surface area contributed by atoms with Gasteiger partial charge in [-0.3, -0.25) is 9.59 Å². The fraction of sp³-hybridized carbons (Fsp3) is 0.276. The number of aliphatic hydroxyl groups excluding tert-OH is 1. The quantitative estimate of drug-likeness (QED) is 0.181. The normalized spacial score (nSPS) is 11.9. The smallest absolute Gasteiger partial charge is 0.341 e. The highest BCUT2D eigenvalue weighted by Gasteiger charge is 2.24. The Morgan fingerprint density at radius 1 is 1.20 bits per heavy atom. The summed E-state index contributed by atoms with van der Waals surface area (Å²) in [7, 11) is 1.64. The number of amides is 1. The second kappa shape index (κ2) is 11.8. The Labute approximate surface area is 243 Å². The van der Waals surface area contributed by atoms with Crippen molar-refractivity contribution in [2.45, 2.75) is 40.5 Å². The molecule has 0 aliphatic heterocycles. The number of anilines is 3. The summed E-state index contributed by atoms with van der Waals surface area (Å²) in [5.41, 5.74) is 1.53. The highest BCUT2D eigenvalue weighted by Crippen LogP contribution is 2.36. The van der Waals surface area contributed by atoms with Crippen LogP contribution in [0.4, 0.5) is 21.5 Å². The first-order chi connectivity index (χ1) is 18.9. The van der Waals surface area contributed by atoms with Crippen molar-refractivity contribution in [1.29, 1.82) is 0 Å². The lowest BCUT2D eigenvalue weighted by Crippen LogP contribution is -2.33. The average molecular weight is 660 g/mol. The predicted octanol–water partition coefficient (Wildman–Crippen LogP) is 4.95. The Morgan fingerprint density at radius 2 is 1.93 bits per heavy atom. The van der Waals surface area contributed by atoms with E-state index in [9.17, 15) is 23.9 Å². The number of carbonyl (C=O) groups excluding carboxylic acids is 1. The summed E-state index contributed by atoms with van der Waals surface area (Å²) in [6.45, 7) is 6.71. The maximum absolute atomic E-state index is 14.9. The van der Waals surface area contributed by atoms with Crippen molar-refractivity contribution < 1.29 is 18.7 Å². The van der Waals surface area contributed by atoms with Gasteiger partial charge in [0.05, 0.1) is 16.9 Å². The van der Waals surface area contributed by atoms with E-state index in [0.717, 1.165) is 0 Å². The summed E-state index contributed by atoms with van der Waals surface area (Å²) in [5, 5.41) is 15.8. The SMILES string of the molecule is CC(=O)N(C)CCn1c(C)c(-c2cccc(NC(C)O)c2)c2oc(=O)c(C)c(Nc3ccc(I)cc3F)c2c1=O. The number of halogens is 2. The van der Waals surface area contributed by atoms with Gasteiger partial charge in [-0.05, 0) is 79.3 Å². The first kappa shape index (κ1) is 29.3. The van der Waals surface area contributed by atoms with Gasteiger partial charge in [-0.25, -0.2) is 9.18 Å². The number of hydrogen-bond acceptors (Lipinski definition) is 7. The molecule has 0 spiro atoms. The molecule has 0 radical (unpaired) electrons. The topological polar surface area (TPSA) is 117 Å². The molecule has 2 aromatic carbocycles. The maximum atomic E-state index is 14.9. The number of benzene rings is 2. The molecule has 0 fully saturated rings. The first-order valence-electron chi connectivity index (χ1n) is 12.6. The molecule has 4 rings (SSSR count). The van der Waals surface area contributed by atoms with Crippen molar-refractivity contribution in [1.82, 2.24) is 9.47 Å². The molecule has 0 bridgehead atoms. The van der Waals surface area contributed by atoms with E-state index in [1.165, 1.54) is 35.4 Å². The zero-order valence-corrected chi connectivity index (χ0v) is 24.9. The van der Waals surface area contributed by atoms with Gasteiger partial charge in [0, 0.05) is 47.6 Å². The minimum Gasteiger partial charge on any atom is -0.421 e. The number of rotatable bonds is 8. The third-order valence-electron chi connectivity index (χ3n) is 6.72. The van der Waals surface area contributed by atoms with Crippen LogP contribution in [0.2, 0.25) is 0 Å². The van der Waals surface area contributed by atoms with E-state index < -0.39 is 23.2 Å². The second-order valence-corrected chi connectivity index (χ2v) is 10.8. The molecule has 0 saturated carbocycles. The minimum atomic E-state index is -0.815. The van der Waals surface area contributed by atoms with E-state index >= 15 is 0 Å². The lowest BCUT2D eigenvalue weighted by Gasteiger charge is -2.22. The lowest BCUT2D eigenvalue weighted by molar-refractivity contribution is -0.127. The molecule has 210 valence electrons. The predicted molar refractivity (Wildman–Crippen MR) is 163 cm³/mol. The van der Waals surface area contributed by atoms with Gasteiger partial charge >= 0.3 is 5.63 Å². The summed E-state index contributed by atoms with van der Waals surface area (Å²) < 4.78 is 22.9. The summed E-state index contributed by atoms with van der Waals surface area (Å²) >= 11 is 2.00. The summed E-state index contributed by atoms with van der Waals surface area (Å²) in [5.74, 6) is -0.692. The highest BCUT2D eigenvalue weighted by molar-refractivity contribution is 14.1. The Morgan fingerprint density at radius 3 is 2.58 bits per heavy atom. The number of aromatic nitrogens is 1. The molecular weight excluding hydrogens is 630 g/mol. The molecule has 11 heteroatoms. The third-order valence-corrected chi connectivity index (χ3v) is 7.39. The van der Waals surface area contributed by atoms with E-state index in [4.69, 9.17) is 4.42 Å². The van der Waals surface area contributed by atoms with Crippen LogP contribution in [-0.4, -0.2) is 40.3 Å². The van der Waals surface area contributed by atoms with Gasteiger partial charge in [-0.1, -0.05) is 12.1 Å². The number of carbonyl (C=O) groups is 1. The van der Waals surface area contributed by atoms with Gasteiger partial charge in [-0.2, -0.15) is 0 Å². The van der Waals surface area contributed by atoms with Crippen LogP contribution in [0, 0.1) is 23.2 Å². The summed E-state index contributed by atoms with van der Waals surface area (Å²) in [6.07, 6.45) is -0.815. The lowest BCUT2D eigenvalue weighted by atomic mass is 9.99. The van der Waals surface area contributed by atoms with Crippen LogP contribution in [0.15, 0.2) is 56.5 Å². The first-order valence-corrected chi connectivity index (χ1v) is 13.7. The molecule has 2 heterocycles. The number of aliphatic hydroxyl groups is 1. The molecule has 0 aliphatic carbocycles. The number of nitrogens with one attached hydrogen (secondary N) is 2. The summed E-state index contributed by atoms with van der Waals surface area (Å²) in [4.78, 5) is 40.5. The summed E-state index contributed by atoms with van der Waals surface area (Å²) in [6, 6.07) is 11.7. The van der Waals surface area contributed by atoms with Gasteiger partial charge in [-0.15, -0.1) is 0 Å². The van der Waals surface area contributed by atoms with Gasteiger partial charge in [0.2, 0.25) is 5.91 Å². The minimum absolute atomic E-state index is 0.0527. The molecule has 0 aliphatic rings. The highest BCUT2D eigenvalue weighted by atomic mass is 127. The van der Waals surface area contributed by atoms with Crippen LogP contribution >= 0.6 is 22.6 Å². The molecule has 2 aromatic heterocycles.